The Morgan fingerprint density at radius 1 is 1.37 bits per heavy atom. The molecule has 0 spiro atoms. The predicted octanol–water partition coefficient (Wildman–Crippen LogP) is -0.713. The molecule has 0 aromatic carbocycles. The molecule has 8 heteroatoms. The summed E-state index contributed by atoms with van der Waals surface area (Å²) < 4.78 is 4.90. The maximum atomic E-state index is 11.5. The van der Waals surface area contributed by atoms with Crippen molar-refractivity contribution in [3.8, 4) is 0 Å². The normalized spacial score (nSPS) is 13.4. The summed E-state index contributed by atoms with van der Waals surface area (Å²) in [5, 5.41) is 13.7. The monoisotopic (exact) mass is 275 g/mol. The molecule has 0 radical (unpaired) electrons. The lowest BCUT2D eigenvalue weighted by atomic mass is 10.1. The van der Waals surface area contributed by atoms with E-state index in [-0.39, 0.29) is 18.8 Å². The zero-order valence-electron chi connectivity index (χ0n) is 11.1. The number of nitrogens with one attached hydrogen (secondary N) is 2. The second-order valence-corrected chi connectivity index (χ2v) is 4.31. The number of rotatable bonds is 9. The van der Waals surface area contributed by atoms with E-state index < -0.39 is 23.9 Å². The molecule has 0 aromatic rings. The van der Waals surface area contributed by atoms with Gasteiger partial charge in [0.25, 0.3) is 0 Å². The molecule has 3 amide bonds. The Morgan fingerprint density at radius 2 is 2.00 bits per heavy atom. The quantitative estimate of drug-likeness (QED) is 0.441. The summed E-state index contributed by atoms with van der Waals surface area (Å²) in [6.07, 6.45) is -0.136. The van der Waals surface area contributed by atoms with Gasteiger partial charge in [-0.05, 0) is 12.3 Å². The number of urea groups is 1. The van der Waals surface area contributed by atoms with Crippen molar-refractivity contribution in [2.75, 3.05) is 20.3 Å². The molecule has 0 aliphatic heterocycles. The van der Waals surface area contributed by atoms with Crippen LogP contribution in [0.1, 0.15) is 19.8 Å². The molecule has 110 valence electrons. The fourth-order valence-electron chi connectivity index (χ4n) is 1.36. The summed E-state index contributed by atoms with van der Waals surface area (Å²) in [6, 6.07) is -1.73. The van der Waals surface area contributed by atoms with Gasteiger partial charge in [0.15, 0.2) is 0 Å². The highest BCUT2D eigenvalue weighted by Crippen LogP contribution is 1.98. The number of ether oxygens (including phenoxy) is 1. The van der Waals surface area contributed by atoms with Crippen LogP contribution in [0.2, 0.25) is 0 Å². The van der Waals surface area contributed by atoms with Crippen LogP contribution < -0.4 is 16.4 Å². The molecular weight excluding hydrogens is 254 g/mol. The largest absolute Gasteiger partial charge is 0.480 e. The van der Waals surface area contributed by atoms with Gasteiger partial charge >= 0.3 is 12.0 Å². The van der Waals surface area contributed by atoms with E-state index in [1.807, 2.05) is 6.92 Å². The predicted molar refractivity (Wildman–Crippen MR) is 67.4 cm³/mol. The number of primary amides is 1. The Balaban J connectivity index is 4.10. The summed E-state index contributed by atoms with van der Waals surface area (Å²) in [5.74, 6) is -1.70. The van der Waals surface area contributed by atoms with Crippen molar-refractivity contribution < 1.29 is 24.2 Å². The minimum absolute atomic E-state index is 0.0360. The Hall–Kier alpha value is -1.83. The fourth-order valence-corrected chi connectivity index (χ4v) is 1.36. The van der Waals surface area contributed by atoms with Crippen LogP contribution in [0, 0.1) is 5.92 Å². The highest BCUT2D eigenvalue weighted by Gasteiger charge is 2.20. The zero-order chi connectivity index (χ0) is 14.8. The van der Waals surface area contributed by atoms with Gasteiger partial charge in [-0.2, -0.15) is 0 Å². The lowest BCUT2D eigenvalue weighted by Gasteiger charge is -2.16. The molecule has 0 rings (SSSR count). The molecule has 0 bridgehead atoms. The third-order valence-electron chi connectivity index (χ3n) is 2.35. The van der Waals surface area contributed by atoms with Crippen molar-refractivity contribution in [1.82, 2.24) is 10.6 Å². The number of aliphatic carboxylic acids is 1. The third-order valence-corrected chi connectivity index (χ3v) is 2.35. The van der Waals surface area contributed by atoms with Crippen molar-refractivity contribution in [1.29, 1.82) is 0 Å². The Bertz CT molecular complexity index is 321. The van der Waals surface area contributed by atoms with Gasteiger partial charge in [-0.3, -0.25) is 4.79 Å². The summed E-state index contributed by atoms with van der Waals surface area (Å²) in [7, 11) is 1.56. The lowest BCUT2D eigenvalue weighted by molar-refractivity contribution is -0.139. The average molecular weight is 275 g/mol. The van der Waals surface area contributed by atoms with Crippen molar-refractivity contribution in [2.24, 2.45) is 11.7 Å². The minimum Gasteiger partial charge on any atom is -0.480 e. The minimum atomic E-state index is -1.21. The molecule has 0 heterocycles. The lowest BCUT2D eigenvalue weighted by Crippen LogP contribution is -2.47. The molecule has 0 saturated heterocycles. The van der Waals surface area contributed by atoms with E-state index in [9.17, 15) is 14.4 Å². The van der Waals surface area contributed by atoms with Gasteiger partial charge in [-0.1, -0.05) is 6.92 Å². The third kappa shape index (κ3) is 8.83. The van der Waals surface area contributed by atoms with Crippen molar-refractivity contribution in [3.63, 3.8) is 0 Å². The molecule has 0 aliphatic rings. The topological polar surface area (TPSA) is 131 Å². The first kappa shape index (κ1) is 17.2. The van der Waals surface area contributed by atoms with Crippen LogP contribution in [-0.2, 0) is 14.3 Å². The number of carbonyl (C=O) groups is 3. The Morgan fingerprint density at radius 3 is 2.47 bits per heavy atom. The number of amides is 3. The molecule has 1 unspecified atom stereocenters. The number of carboxylic acid groups (broad SMARTS) is 1. The van der Waals surface area contributed by atoms with Crippen LogP contribution in [0.15, 0.2) is 0 Å². The van der Waals surface area contributed by atoms with Crippen LogP contribution in [-0.4, -0.2) is 49.3 Å². The summed E-state index contributed by atoms with van der Waals surface area (Å²) in [5.41, 5.74) is 4.93. The van der Waals surface area contributed by atoms with E-state index in [0.717, 1.165) is 0 Å². The number of hydrogen-bond donors (Lipinski definition) is 4. The first-order valence-corrected chi connectivity index (χ1v) is 5.91. The second kappa shape index (κ2) is 9.15. The van der Waals surface area contributed by atoms with E-state index >= 15 is 0 Å². The first-order chi connectivity index (χ1) is 8.86. The molecule has 5 N–H and O–H groups in total. The van der Waals surface area contributed by atoms with E-state index in [1.165, 1.54) is 0 Å². The van der Waals surface area contributed by atoms with Crippen molar-refractivity contribution >= 4 is 17.9 Å². The molecule has 0 aliphatic carbocycles. The highest BCUT2D eigenvalue weighted by molar-refractivity contribution is 5.83. The summed E-state index contributed by atoms with van der Waals surface area (Å²) in [4.78, 5) is 32.9. The number of carbonyl (C=O) groups excluding carboxylic acids is 2. The van der Waals surface area contributed by atoms with Gasteiger partial charge in [0.1, 0.15) is 6.04 Å². The van der Waals surface area contributed by atoms with Gasteiger partial charge in [-0.15, -0.1) is 0 Å². The van der Waals surface area contributed by atoms with E-state index in [2.05, 4.69) is 10.6 Å². The first-order valence-electron chi connectivity index (χ1n) is 5.91. The maximum absolute atomic E-state index is 11.5. The number of methoxy groups -OCH3 is 1. The molecular formula is C11H21N3O5. The number of carboxylic acids is 1. The van der Waals surface area contributed by atoms with E-state index in [4.69, 9.17) is 15.6 Å². The Kier molecular flexibility index (Phi) is 8.27. The van der Waals surface area contributed by atoms with Crippen LogP contribution in [0.25, 0.3) is 0 Å². The molecule has 0 aromatic heterocycles. The van der Waals surface area contributed by atoms with Gasteiger partial charge in [0, 0.05) is 20.1 Å². The van der Waals surface area contributed by atoms with Gasteiger partial charge < -0.3 is 26.2 Å². The SMILES string of the molecule is COCC(C)CNC(=O)N[C@H](CCC(N)=O)C(=O)O. The maximum Gasteiger partial charge on any atom is 0.326 e. The summed E-state index contributed by atoms with van der Waals surface area (Å²) >= 11 is 0. The van der Waals surface area contributed by atoms with Crippen molar-refractivity contribution in [2.45, 2.75) is 25.8 Å². The van der Waals surface area contributed by atoms with E-state index in [1.54, 1.807) is 7.11 Å². The number of hydrogen-bond acceptors (Lipinski definition) is 4. The molecule has 19 heavy (non-hydrogen) atoms. The van der Waals surface area contributed by atoms with Crippen LogP contribution in [0.3, 0.4) is 0 Å². The standard InChI is InChI=1S/C11H21N3O5/c1-7(6-19-2)5-13-11(18)14-8(10(16)17)3-4-9(12)15/h7-8H,3-6H2,1-2H3,(H2,12,15)(H,16,17)(H2,13,14,18)/t7?,8-/m1/s1. The van der Waals surface area contributed by atoms with E-state index in [0.29, 0.717) is 13.2 Å². The van der Waals surface area contributed by atoms with Gasteiger partial charge in [0.05, 0.1) is 6.61 Å². The highest BCUT2D eigenvalue weighted by atomic mass is 16.5. The van der Waals surface area contributed by atoms with Crippen LogP contribution in [0.4, 0.5) is 4.79 Å². The second-order valence-electron chi connectivity index (χ2n) is 4.31. The van der Waals surface area contributed by atoms with Crippen LogP contribution in [0.5, 0.6) is 0 Å². The Labute approximate surface area is 111 Å². The van der Waals surface area contributed by atoms with Gasteiger partial charge in [-0.25, -0.2) is 9.59 Å². The molecule has 8 nitrogen and oxygen atoms in total. The molecule has 0 saturated carbocycles. The molecule has 0 fully saturated rings. The smallest absolute Gasteiger partial charge is 0.326 e. The van der Waals surface area contributed by atoms with Crippen molar-refractivity contribution in [3.05, 3.63) is 0 Å². The van der Waals surface area contributed by atoms with Crippen LogP contribution >= 0.6 is 0 Å². The molecule has 2 atom stereocenters. The fraction of sp³-hybridized carbons (Fsp3) is 0.727. The number of nitrogens with two attached hydrogens (primary N) is 1. The average Bonchev–Trinajstić information content (AvgIpc) is 2.31. The summed E-state index contributed by atoms with van der Waals surface area (Å²) in [6.45, 7) is 2.73. The zero-order valence-corrected chi connectivity index (χ0v) is 11.1. The van der Waals surface area contributed by atoms with Gasteiger partial charge in [0.2, 0.25) is 5.91 Å².